The Morgan fingerprint density at radius 2 is 2.25 bits per heavy atom. The van der Waals surface area contributed by atoms with E-state index < -0.39 is 0 Å². The second kappa shape index (κ2) is 7.57. The van der Waals surface area contributed by atoms with E-state index in [9.17, 15) is 0 Å². The molecule has 5 nitrogen and oxygen atoms in total. The average Bonchev–Trinajstić information content (AvgIpc) is 2.52. The molecule has 1 unspecified atom stereocenters. The van der Waals surface area contributed by atoms with Gasteiger partial charge >= 0.3 is 0 Å². The molecule has 1 atom stereocenters. The fourth-order valence-corrected chi connectivity index (χ4v) is 2.51. The number of pyridine rings is 1. The maximum Gasteiger partial charge on any atom is 0.128 e. The van der Waals surface area contributed by atoms with Crippen molar-refractivity contribution < 1.29 is 9.84 Å². The van der Waals surface area contributed by atoms with Gasteiger partial charge in [-0.1, -0.05) is 0 Å². The van der Waals surface area contributed by atoms with Crippen molar-refractivity contribution >= 4 is 5.82 Å². The van der Waals surface area contributed by atoms with Crippen LogP contribution in [0.2, 0.25) is 0 Å². The summed E-state index contributed by atoms with van der Waals surface area (Å²) in [5, 5.41) is 12.0. The lowest BCUT2D eigenvalue weighted by atomic mass is 10.1. The number of nitrogens with one attached hydrogen (secondary N) is 1. The third-order valence-corrected chi connectivity index (χ3v) is 3.91. The Morgan fingerprint density at radius 1 is 1.50 bits per heavy atom. The highest BCUT2D eigenvalue weighted by atomic mass is 16.5. The summed E-state index contributed by atoms with van der Waals surface area (Å²) in [7, 11) is 1.97. The molecule has 5 heteroatoms. The Kier molecular flexibility index (Phi) is 5.76. The molecule has 1 aromatic heterocycles. The Bertz CT molecular complexity index is 406. The van der Waals surface area contributed by atoms with E-state index in [-0.39, 0.29) is 12.7 Å². The van der Waals surface area contributed by atoms with Gasteiger partial charge in [0.2, 0.25) is 0 Å². The highest BCUT2D eigenvalue weighted by molar-refractivity contribution is 5.42. The van der Waals surface area contributed by atoms with Crippen molar-refractivity contribution in [1.82, 2.24) is 10.3 Å². The number of aliphatic hydroxyl groups is 1. The highest BCUT2D eigenvalue weighted by Crippen LogP contribution is 2.22. The molecule has 2 rings (SSSR count). The molecule has 1 aromatic rings. The van der Waals surface area contributed by atoms with Gasteiger partial charge in [-0.2, -0.15) is 0 Å². The van der Waals surface area contributed by atoms with Crippen molar-refractivity contribution in [2.75, 3.05) is 38.3 Å². The van der Waals surface area contributed by atoms with Crippen LogP contribution in [-0.2, 0) is 4.74 Å². The predicted molar refractivity (Wildman–Crippen MR) is 80.0 cm³/mol. The molecule has 0 radical (unpaired) electrons. The van der Waals surface area contributed by atoms with Crippen molar-refractivity contribution in [2.24, 2.45) is 0 Å². The lowest BCUT2D eigenvalue weighted by Crippen LogP contribution is -2.37. The van der Waals surface area contributed by atoms with E-state index in [0.29, 0.717) is 12.6 Å². The summed E-state index contributed by atoms with van der Waals surface area (Å²) in [5.74, 6) is 1.05. The summed E-state index contributed by atoms with van der Waals surface area (Å²) < 4.78 is 5.59. The molecular formula is C15H25N3O2. The van der Waals surface area contributed by atoms with Crippen LogP contribution in [0.25, 0.3) is 0 Å². The zero-order valence-electron chi connectivity index (χ0n) is 12.4. The van der Waals surface area contributed by atoms with Crippen LogP contribution in [0, 0.1) is 0 Å². The molecule has 20 heavy (non-hydrogen) atoms. The molecule has 0 bridgehead atoms. The first-order valence-electron chi connectivity index (χ1n) is 7.35. The van der Waals surface area contributed by atoms with Gasteiger partial charge in [-0.3, -0.25) is 0 Å². The Labute approximate surface area is 121 Å². The van der Waals surface area contributed by atoms with Crippen molar-refractivity contribution in [1.29, 1.82) is 0 Å². The number of rotatable bonds is 6. The van der Waals surface area contributed by atoms with Gasteiger partial charge in [-0.15, -0.1) is 0 Å². The van der Waals surface area contributed by atoms with E-state index in [1.807, 2.05) is 13.2 Å². The van der Waals surface area contributed by atoms with Crippen molar-refractivity contribution in [3.05, 3.63) is 23.9 Å². The van der Waals surface area contributed by atoms with Gasteiger partial charge < -0.3 is 20.1 Å². The smallest absolute Gasteiger partial charge is 0.128 e. The topological polar surface area (TPSA) is 57.6 Å². The monoisotopic (exact) mass is 279 g/mol. The Hall–Kier alpha value is -1.17. The minimum Gasteiger partial charge on any atom is -0.394 e. The number of aliphatic hydroxyl groups excluding tert-OH is 1. The van der Waals surface area contributed by atoms with E-state index in [1.54, 1.807) is 0 Å². The normalized spacial score (nSPS) is 18.2. The van der Waals surface area contributed by atoms with Gasteiger partial charge in [-0.05, 0) is 44.5 Å². The molecular weight excluding hydrogens is 254 g/mol. The molecule has 0 spiro atoms. The van der Waals surface area contributed by atoms with Crippen LogP contribution in [0.4, 0.5) is 5.82 Å². The van der Waals surface area contributed by atoms with Crippen molar-refractivity contribution in [3.63, 3.8) is 0 Å². The quantitative estimate of drug-likeness (QED) is 0.823. The molecule has 0 aliphatic carbocycles. The number of ether oxygens (including phenoxy) is 1. The Morgan fingerprint density at radius 3 is 2.90 bits per heavy atom. The molecule has 1 saturated heterocycles. The molecule has 2 heterocycles. The molecule has 1 aliphatic rings. The number of aromatic nitrogens is 1. The third kappa shape index (κ3) is 3.91. The third-order valence-electron chi connectivity index (χ3n) is 3.91. The number of nitrogens with zero attached hydrogens (tertiary/aromatic N) is 2. The fraction of sp³-hybridized carbons (Fsp3) is 0.667. The zero-order chi connectivity index (χ0) is 14.4. The molecule has 0 saturated carbocycles. The van der Waals surface area contributed by atoms with E-state index in [0.717, 1.165) is 31.7 Å². The average molecular weight is 279 g/mol. The molecule has 1 aliphatic heterocycles. The summed E-state index contributed by atoms with van der Waals surface area (Å²) in [6, 6.07) is 4.56. The number of piperidine rings is 1. The standard InChI is InChI=1S/C15H25N3O2/c1-12(16-2)13-3-6-17-15(11-13)18-7-4-14(5-8-18)20-10-9-19/h3,6,11-12,14,16,19H,4-5,7-10H2,1-2H3. The predicted octanol–water partition coefficient (Wildman–Crippen LogP) is 1.34. The minimum absolute atomic E-state index is 0.103. The van der Waals surface area contributed by atoms with Crippen LogP contribution in [-0.4, -0.2) is 49.5 Å². The molecule has 0 aromatic carbocycles. The number of hydrogen-bond donors (Lipinski definition) is 2. The maximum atomic E-state index is 8.78. The largest absolute Gasteiger partial charge is 0.394 e. The highest BCUT2D eigenvalue weighted by Gasteiger charge is 2.20. The van der Waals surface area contributed by atoms with Crippen molar-refractivity contribution in [2.45, 2.75) is 31.9 Å². The van der Waals surface area contributed by atoms with Gasteiger partial charge in [0.1, 0.15) is 5.82 Å². The number of anilines is 1. The van der Waals surface area contributed by atoms with Crippen LogP contribution in [0.15, 0.2) is 18.3 Å². The number of hydrogen-bond acceptors (Lipinski definition) is 5. The fourth-order valence-electron chi connectivity index (χ4n) is 2.51. The second-order valence-corrected chi connectivity index (χ2v) is 5.24. The lowest BCUT2D eigenvalue weighted by Gasteiger charge is -2.33. The SMILES string of the molecule is CNC(C)c1ccnc(N2CCC(OCCO)CC2)c1. The lowest BCUT2D eigenvalue weighted by molar-refractivity contribution is 0.0158. The van der Waals surface area contributed by atoms with Gasteiger partial charge in [0.15, 0.2) is 0 Å². The van der Waals surface area contributed by atoms with Crippen molar-refractivity contribution in [3.8, 4) is 0 Å². The first kappa shape index (κ1) is 15.2. The first-order chi connectivity index (χ1) is 9.74. The van der Waals surface area contributed by atoms with Crippen LogP contribution in [0.3, 0.4) is 0 Å². The van der Waals surface area contributed by atoms with Crippen LogP contribution < -0.4 is 10.2 Å². The minimum atomic E-state index is 0.103. The van der Waals surface area contributed by atoms with E-state index >= 15 is 0 Å². The van der Waals surface area contributed by atoms with Crippen LogP contribution >= 0.6 is 0 Å². The van der Waals surface area contributed by atoms with Crippen LogP contribution in [0.5, 0.6) is 0 Å². The summed E-state index contributed by atoms with van der Waals surface area (Å²) in [4.78, 5) is 6.79. The molecule has 112 valence electrons. The molecule has 1 fully saturated rings. The summed E-state index contributed by atoms with van der Waals surface area (Å²) in [6.07, 6.45) is 4.14. The molecule has 0 amide bonds. The van der Waals surface area contributed by atoms with Gasteiger partial charge in [0.05, 0.1) is 19.3 Å². The van der Waals surface area contributed by atoms with Crippen LogP contribution in [0.1, 0.15) is 31.4 Å². The summed E-state index contributed by atoms with van der Waals surface area (Å²) >= 11 is 0. The van der Waals surface area contributed by atoms with E-state index in [2.05, 4.69) is 34.3 Å². The van der Waals surface area contributed by atoms with E-state index in [4.69, 9.17) is 9.84 Å². The zero-order valence-corrected chi connectivity index (χ0v) is 12.4. The van der Waals surface area contributed by atoms with Gasteiger partial charge in [0.25, 0.3) is 0 Å². The van der Waals surface area contributed by atoms with Gasteiger partial charge in [-0.25, -0.2) is 4.98 Å². The summed E-state index contributed by atoms with van der Waals surface area (Å²) in [6.45, 7) is 4.61. The second-order valence-electron chi connectivity index (χ2n) is 5.24. The summed E-state index contributed by atoms with van der Waals surface area (Å²) in [5.41, 5.74) is 1.26. The molecule has 2 N–H and O–H groups in total. The van der Waals surface area contributed by atoms with E-state index in [1.165, 1.54) is 5.56 Å². The maximum absolute atomic E-state index is 8.78. The first-order valence-corrected chi connectivity index (χ1v) is 7.35. The Balaban J connectivity index is 1.93. The van der Waals surface area contributed by atoms with Gasteiger partial charge in [0, 0.05) is 25.3 Å².